The van der Waals surface area contributed by atoms with E-state index in [-0.39, 0.29) is 6.04 Å². The SMILES string of the molecule is CCCNC(c1cc(I)ccc1Br)c1occc1Br. The molecular weight excluding hydrogens is 485 g/mol. The van der Waals surface area contributed by atoms with Gasteiger partial charge in [0, 0.05) is 8.04 Å². The number of hydrogen-bond donors (Lipinski definition) is 1. The highest BCUT2D eigenvalue weighted by molar-refractivity contribution is 14.1. The molecule has 2 nitrogen and oxygen atoms in total. The van der Waals surface area contributed by atoms with Crippen LogP contribution in [0.4, 0.5) is 0 Å². The van der Waals surface area contributed by atoms with Gasteiger partial charge in [0.1, 0.15) is 5.76 Å². The molecule has 1 aromatic heterocycles. The molecule has 0 spiro atoms. The number of rotatable bonds is 5. The van der Waals surface area contributed by atoms with Crippen LogP contribution in [0.2, 0.25) is 0 Å². The molecule has 102 valence electrons. The molecule has 1 heterocycles. The molecule has 0 aliphatic heterocycles. The van der Waals surface area contributed by atoms with Gasteiger partial charge in [-0.2, -0.15) is 0 Å². The first-order valence-electron chi connectivity index (χ1n) is 6.04. The van der Waals surface area contributed by atoms with Gasteiger partial charge in [-0.15, -0.1) is 0 Å². The zero-order valence-corrected chi connectivity index (χ0v) is 15.7. The van der Waals surface area contributed by atoms with Crippen LogP contribution in [-0.4, -0.2) is 6.54 Å². The summed E-state index contributed by atoms with van der Waals surface area (Å²) in [6, 6.07) is 8.31. The predicted molar refractivity (Wildman–Crippen MR) is 93.4 cm³/mol. The van der Waals surface area contributed by atoms with E-state index < -0.39 is 0 Å². The van der Waals surface area contributed by atoms with Crippen LogP contribution in [0.3, 0.4) is 0 Å². The minimum absolute atomic E-state index is 0.0495. The quantitative estimate of drug-likeness (QED) is 0.551. The molecule has 0 saturated heterocycles. The first-order chi connectivity index (χ1) is 9.13. The van der Waals surface area contributed by atoms with E-state index >= 15 is 0 Å². The molecular formula is C14H14Br2INO. The lowest BCUT2D eigenvalue weighted by atomic mass is 10.0. The van der Waals surface area contributed by atoms with Gasteiger partial charge in [-0.1, -0.05) is 22.9 Å². The molecule has 0 aliphatic rings. The fourth-order valence-corrected chi connectivity index (χ4v) is 3.30. The normalized spacial score (nSPS) is 12.6. The lowest BCUT2D eigenvalue weighted by Gasteiger charge is -2.19. The Morgan fingerprint density at radius 3 is 2.68 bits per heavy atom. The molecule has 1 aromatic carbocycles. The predicted octanol–water partition coefficient (Wildman–Crippen LogP) is 5.50. The van der Waals surface area contributed by atoms with Crippen LogP contribution in [0.5, 0.6) is 0 Å². The van der Waals surface area contributed by atoms with Crippen LogP contribution in [0.15, 0.2) is 43.9 Å². The summed E-state index contributed by atoms with van der Waals surface area (Å²) in [4.78, 5) is 0. The van der Waals surface area contributed by atoms with Crippen LogP contribution >= 0.6 is 54.5 Å². The van der Waals surface area contributed by atoms with Gasteiger partial charge in [0.15, 0.2) is 0 Å². The van der Waals surface area contributed by atoms with Crippen LogP contribution in [-0.2, 0) is 0 Å². The van der Waals surface area contributed by atoms with E-state index in [0.717, 1.165) is 27.7 Å². The maximum Gasteiger partial charge on any atom is 0.139 e. The average Bonchev–Trinajstić information content (AvgIpc) is 2.80. The molecule has 2 aromatic rings. The minimum Gasteiger partial charge on any atom is -0.466 e. The summed E-state index contributed by atoms with van der Waals surface area (Å²) in [5.41, 5.74) is 1.19. The number of halogens is 3. The summed E-state index contributed by atoms with van der Waals surface area (Å²) < 4.78 is 8.93. The third-order valence-electron chi connectivity index (χ3n) is 2.77. The topological polar surface area (TPSA) is 25.2 Å². The van der Waals surface area contributed by atoms with Crippen molar-refractivity contribution in [2.24, 2.45) is 0 Å². The Bertz CT molecular complexity index is 556. The summed E-state index contributed by atoms with van der Waals surface area (Å²) in [6.07, 6.45) is 2.79. The second-order valence-electron chi connectivity index (χ2n) is 4.19. The van der Waals surface area contributed by atoms with E-state index in [1.54, 1.807) is 6.26 Å². The largest absolute Gasteiger partial charge is 0.466 e. The second kappa shape index (κ2) is 7.24. The molecule has 1 unspecified atom stereocenters. The number of hydrogen-bond acceptors (Lipinski definition) is 2. The Balaban J connectivity index is 2.42. The maximum atomic E-state index is 5.64. The smallest absolute Gasteiger partial charge is 0.139 e. The van der Waals surface area contributed by atoms with Gasteiger partial charge in [-0.05, 0) is 81.3 Å². The van der Waals surface area contributed by atoms with Crippen LogP contribution in [0.1, 0.15) is 30.7 Å². The van der Waals surface area contributed by atoms with Gasteiger partial charge < -0.3 is 9.73 Å². The van der Waals surface area contributed by atoms with Crippen molar-refractivity contribution in [3.05, 3.63) is 54.4 Å². The monoisotopic (exact) mass is 497 g/mol. The van der Waals surface area contributed by atoms with Crippen molar-refractivity contribution in [2.45, 2.75) is 19.4 Å². The summed E-state index contributed by atoms with van der Waals surface area (Å²) in [5, 5.41) is 3.54. The second-order valence-corrected chi connectivity index (χ2v) is 7.14. The Hall–Kier alpha value is 0.150. The van der Waals surface area contributed by atoms with E-state index in [2.05, 4.69) is 84.9 Å². The summed E-state index contributed by atoms with van der Waals surface area (Å²) in [6.45, 7) is 3.10. The molecule has 0 radical (unpaired) electrons. The highest BCUT2D eigenvalue weighted by Gasteiger charge is 2.21. The molecule has 1 N–H and O–H groups in total. The first kappa shape index (κ1) is 15.5. The van der Waals surface area contributed by atoms with Gasteiger partial charge in [0.25, 0.3) is 0 Å². The van der Waals surface area contributed by atoms with Gasteiger partial charge in [-0.3, -0.25) is 0 Å². The highest BCUT2D eigenvalue weighted by Crippen LogP contribution is 2.34. The Morgan fingerprint density at radius 2 is 2.05 bits per heavy atom. The molecule has 0 bridgehead atoms. The van der Waals surface area contributed by atoms with Crippen LogP contribution in [0.25, 0.3) is 0 Å². The zero-order valence-electron chi connectivity index (χ0n) is 10.4. The van der Waals surface area contributed by atoms with E-state index in [0.29, 0.717) is 0 Å². The van der Waals surface area contributed by atoms with Crippen molar-refractivity contribution in [3.63, 3.8) is 0 Å². The van der Waals surface area contributed by atoms with Gasteiger partial charge in [0.2, 0.25) is 0 Å². The summed E-state index contributed by atoms with van der Waals surface area (Å²) in [7, 11) is 0. The fraction of sp³-hybridized carbons (Fsp3) is 0.286. The lowest BCUT2D eigenvalue weighted by molar-refractivity contribution is 0.443. The number of furan rings is 1. The van der Waals surface area contributed by atoms with Crippen molar-refractivity contribution in [1.29, 1.82) is 0 Å². The van der Waals surface area contributed by atoms with Crippen molar-refractivity contribution in [1.82, 2.24) is 5.32 Å². The van der Waals surface area contributed by atoms with Crippen LogP contribution in [0, 0.1) is 3.57 Å². The van der Waals surface area contributed by atoms with Crippen molar-refractivity contribution in [3.8, 4) is 0 Å². The van der Waals surface area contributed by atoms with E-state index in [9.17, 15) is 0 Å². The molecule has 0 amide bonds. The lowest BCUT2D eigenvalue weighted by Crippen LogP contribution is -2.23. The van der Waals surface area contributed by atoms with Crippen molar-refractivity contribution < 1.29 is 4.42 Å². The molecule has 19 heavy (non-hydrogen) atoms. The third kappa shape index (κ3) is 3.83. The van der Waals surface area contributed by atoms with Gasteiger partial charge in [-0.25, -0.2) is 0 Å². The maximum absolute atomic E-state index is 5.64. The highest BCUT2D eigenvalue weighted by atomic mass is 127. The molecule has 0 saturated carbocycles. The van der Waals surface area contributed by atoms with E-state index in [4.69, 9.17) is 4.42 Å². The van der Waals surface area contributed by atoms with Crippen molar-refractivity contribution in [2.75, 3.05) is 6.54 Å². The summed E-state index contributed by atoms with van der Waals surface area (Å²) in [5.74, 6) is 0.913. The van der Waals surface area contributed by atoms with Gasteiger partial charge in [0.05, 0.1) is 16.8 Å². The molecule has 1 atom stereocenters. The van der Waals surface area contributed by atoms with Crippen molar-refractivity contribution >= 4 is 54.5 Å². The van der Waals surface area contributed by atoms with E-state index in [1.165, 1.54) is 9.13 Å². The van der Waals surface area contributed by atoms with Crippen LogP contribution < -0.4 is 5.32 Å². The standard InChI is InChI=1S/C14H14Br2INO/c1-2-6-18-13(14-12(16)5-7-19-14)10-8-9(17)3-4-11(10)15/h3-5,7-8,13,18H,2,6H2,1H3. The van der Waals surface area contributed by atoms with E-state index in [1.807, 2.05) is 6.07 Å². The molecule has 0 aliphatic carbocycles. The zero-order chi connectivity index (χ0) is 13.8. The molecule has 5 heteroatoms. The fourth-order valence-electron chi connectivity index (χ4n) is 1.88. The third-order valence-corrected chi connectivity index (χ3v) is 4.82. The average molecular weight is 499 g/mol. The number of nitrogens with one attached hydrogen (secondary N) is 1. The summed E-state index contributed by atoms with van der Waals surface area (Å²) >= 11 is 9.51. The Labute approximate surface area is 143 Å². The Morgan fingerprint density at radius 1 is 1.26 bits per heavy atom. The number of benzene rings is 1. The van der Waals surface area contributed by atoms with Gasteiger partial charge >= 0.3 is 0 Å². The Kier molecular flexibility index (Phi) is 5.92. The molecule has 0 fully saturated rings. The first-order valence-corrected chi connectivity index (χ1v) is 8.71. The molecule has 2 rings (SSSR count). The minimum atomic E-state index is 0.0495.